The number of nitrogens with two attached hydrogens (primary N) is 1. The van der Waals surface area contributed by atoms with Crippen molar-refractivity contribution < 1.29 is 9.47 Å². The molecular weight excluding hydrogens is 250 g/mol. The molecule has 0 spiro atoms. The Balaban J connectivity index is 1.81. The van der Waals surface area contributed by atoms with Gasteiger partial charge in [-0.05, 0) is 41.7 Å². The molecule has 20 heavy (non-hydrogen) atoms. The molecule has 3 nitrogen and oxygen atoms in total. The highest BCUT2D eigenvalue weighted by atomic mass is 16.6. The maximum Gasteiger partial charge on any atom is 0.161 e. The number of hydrogen-bond acceptors (Lipinski definition) is 3. The summed E-state index contributed by atoms with van der Waals surface area (Å²) in [4.78, 5) is 0. The predicted octanol–water partition coefficient (Wildman–Crippen LogP) is 2.61. The number of benzene rings is 2. The van der Waals surface area contributed by atoms with E-state index in [1.807, 2.05) is 12.1 Å². The van der Waals surface area contributed by atoms with Gasteiger partial charge in [-0.15, -0.1) is 0 Å². The third-order valence-corrected chi connectivity index (χ3v) is 4.34. The van der Waals surface area contributed by atoms with E-state index in [9.17, 15) is 0 Å². The van der Waals surface area contributed by atoms with Gasteiger partial charge in [0.1, 0.15) is 13.2 Å². The average Bonchev–Trinajstić information content (AvgIpc) is 2.86. The fraction of sp³-hybridized carbons (Fsp3) is 0.294. The van der Waals surface area contributed by atoms with Crippen LogP contribution in [0.15, 0.2) is 42.5 Å². The number of rotatable bonds is 1. The lowest BCUT2D eigenvalue weighted by atomic mass is 9.85. The second-order valence-corrected chi connectivity index (χ2v) is 5.49. The van der Waals surface area contributed by atoms with Crippen molar-refractivity contribution in [1.29, 1.82) is 0 Å². The summed E-state index contributed by atoms with van der Waals surface area (Å²) < 4.78 is 11.3. The van der Waals surface area contributed by atoms with Crippen LogP contribution in [0.4, 0.5) is 0 Å². The van der Waals surface area contributed by atoms with Crippen LogP contribution in [-0.2, 0) is 12.0 Å². The zero-order chi connectivity index (χ0) is 13.6. The minimum atomic E-state index is -0.410. The van der Waals surface area contributed by atoms with Crippen molar-refractivity contribution in [3.05, 3.63) is 59.2 Å². The molecule has 0 saturated carbocycles. The Hall–Kier alpha value is -2.00. The molecule has 1 atom stereocenters. The van der Waals surface area contributed by atoms with E-state index in [2.05, 4.69) is 30.3 Å². The van der Waals surface area contributed by atoms with Crippen LogP contribution in [0.25, 0.3) is 0 Å². The Morgan fingerprint density at radius 1 is 0.950 bits per heavy atom. The summed E-state index contributed by atoms with van der Waals surface area (Å²) >= 11 is 0. The fourth-order valence-corrected chi connectivity index (χ4v) is 3.26. The normalized spacial score (nSPS) is 23.4. The number of hydrogen-bond donors (Lipinski definition) is 1. The fourth-order valence-electron chi connectivity index (χ4n) is 3.26. The van der Waals surface area contributed by atoms with Crippen LogP contribution in [0.3, 0.4) is 0 Å². The number of fused-ring (bicyclic) bond motifs is 2. The topological polar surface area (TPSA) is 44.5 Å². The molecular formula is C17H17NO2. The minimum Gasteiger partial charge on any atom is -0.486 e. The van der Waals surface area contributed by atoms with Crippen LogP contribution in [0.1, 0.15) is 23.1 Å². The first kappa shape index (κ1) is 11.8. The molecule has 0 radical (unpaired) electrons. The molecule has 102 valence electrons. The van der Waals surface area contributed by atoms with Crippen molar-refractivity contribution in [2.75, 3.05) is 13.2 Å². The highest BCUT2D eigenvalue weighted by Crippen LogP contribution is 2.42. The summed E-state index contributed by atoms with van der Waals surface area (Å²) in [5, 5.41) is 0. The van der Waals surface area contributed by atoms with Crippen LogP contribution in [0.5, 0.6) is 11.5 Å². The molecule has 0 bridgehead atoms. The molecule has 0 saturated heterocycles. The summed E-state index contributed by atoms with van der Waals surface area (Å²) in [6.07, 6.45) is 1.97. The summed E-state index contributed by atoms with van der Waals surface area (Å²) in [5.41, 5.74) is 10.0. The van der Waals surface area contributed by atoms with Gasteiger partial charge in [0.25, 0.3) is 0 Å². The molecule has 2 aromatic rings. The first-order chi connectivity index (χ1) is 9.77. The predicted molar refractivity (Wildman–Crippen MR) is 77.2 cm³/mol. The van der Waals surface area contributed by atoms with Gasteiger partial charge in [0.2, 0.25) is 0 Å². The number of aryl methyl sites for hydroxylation is 1. The lowest BCUT2D eigenvalue weighted by Gasteiger charge is -2.28. The van der Waals surface area contributed by atoms with Gasteiger partial charge in [-0.2, -0.15) is 0 Å². The molecule has 1 aliphatic carbocycles. The van der Waals surface area contributed by atoms with E-state index in [4.69, 9.17) is 15.2 Å². The van der Waals surface area contributed by atoms with Crippen LogP contribution in [0.2, 0.25) is 0 Å². The lowest BCUT2D eigenvalue weighted by Crippen LogP contribution is -2.35. The highest BCUT2D eigenvalue weighted by Gasteiger charge is 2.37. The van der Waals surface area contributed by atoms with E-state index < -0.39 is 5.54 Å². The quantitative estimate of drug-likeness (QED) is 0.863. The van der Waals surface area contributed by atoms with E-state index >= 15 is 0 Å². The molecule has 1 aliphatic heterocycles. The molecule has 1 heterocycles. The Labute approximate surface area is 118 Å². The van der Waals surface area contributed by atoms with Crippen LogP contribution in [0, 0.1) is 0 Å². The second-order valence-electron chi connectivity index (χ2n) is 5.49. The average molecular weight is 267 g/mol. The van der Waals surface area contributed by atoms with E-state index in [0.29, 0.717) is 13.2 Å². The van der Waals surface area contributed by atoms with Gasteiger partial charge in [0.15, 0.2) is 11.5 Å². The maximum atomic E-state index is 6.73. The van der Waals surface area contributed by atoms with Crippen LogP contribution < -0.4 is 15.2 Å². The van der Waals surface area contributed by atoms with E-state index in [0.717, 1.165) is 29.9 Å². The minimum absolute atomic E-state index is 0.410. The van der Waals surface area contributed by atoms with Crippen molar-refractivity contribution >= 4 is 0 Å². The number of ether oxygens (including phenoxy) is 2. The van der Waals surface area contributed by atoms with Gasteiger partial charge in [0.05, 0.1) is 5.54 Å². The van der Waals surface area contributed by atoms with Crippen molar-refractivity contribution in [2.45, 2.75) is 18.4 Å². The van der Waals surface area contributed by atoms with E-state index in [1.54, 1.807) is 0 Å². The van der Waals surface area contributed by atoms with Gasteiger partial charge >= 0.3 is 0 Å². The van der Waals surface area contributed by atoms with Gasteiger partial charge in [-0.25, -0.2) is 0 Å². The SMILES string of the molecule is NC1(c2ccc3c(c2)OCCO3)CCc2ccccc21. The van der Waals surface area contributed by atoms with Gasteiger partial charge in [0, 0.05) is 0 Å². The lowest BCUT2D eigenvalue weighted by molar-refractivity contribution is 0.171. The third kappa shape index (κ3) is 1.63. The Morgan fingerprint density at radius 3 is 2.65 bits per heavy atom. The van der Waals surface area contributed by atoms with Gasteiger partial charge in [-0.1, -0.05) is 30.3 Å². The molecule has 3 heteroatoms. The molecule has 1 unspecified atom stereocenters. The molecule has 0 amide bonds. The highest BCUT2D eigenvalue weighted by molar-refractivity contribution is 5.52. The zero-order valence-electron chi connectivity index (χ0n) is 11.3. The van der Waals surface area contributed by atoms with Gasteiger partial charge in [-0.3, -0.25) is 0 Å². The van der Waals surface area contributed by atoms with Crippen LogP contribution >= 0.6 is 0 Å². The molecule has 0 aromatic heterocycles. The van der Waals surface area contributed by atoms with Gasteiger partial charge < -0.3 is 15.2 Å². The van der Waals surface area contributed by atoms with Crippen molar-refractivity contribution in [3.8, 4) is 11.5 Å². The molecule has 0 fully saturated rings. The van der Waals surface area contributed by atoms with Crippen molar-refractivity contribution in [1.82, 2.24) is 0 Å². The van der Waals surface area contributed by atoms with Crippen molar-refractivity contribution in [2.24, 2.45) is 5.73 Å². The molecule has 2 N–H and O–H groups in total. The molecule has 4 rings (SSSR count). The van der Waals surface area contributed by atoms with Crippen LogP contribution in [-0.4, -0.2) is 13.2 Å². The smallest absolute Gasteiger partial charge is 0.161 e. The summed E-state index contributed by atoms with van der Waals surface area (Å²) in [6, 6.07) is 14.5. The summed E-state index contributed by atoms with van der Waals surface area (Å²) in [5.74, 6) is 1.62. The van der Waals surface area contributed by atoms with Crippen molar-refractivity contribution in [3.63, 3.8) is 0 Å². The Bertz CT molecular complexity index is 668. The summed E-state index contributed by atoms with van der Waals surface area (Å²) in [7, 11) is 0. The Morgan fingerprint density at radius 2 is 1.75 bits per heavy atom. The first-order valence-corrected chi connectivity index (χ1v) is 7.05. The third-order valence-electron chi connectivity index (χ3n) is 4.34. The largest absolute Gasteiger partial charge is 0.486 e. The molecule has 2 aromatic carbocycles. The standard InChI is InChI=1S/C17H17NO2/c18-17(8-7-12-3-1-2-4-14(12)17)13-5-6-15-16(11-13)20-10-9-19-15/h1-6,11H,7-10,18H2. The Kier molecular flexibility index (Phi) is 2.51. The first-order valence-electron chi connectivity index (χ1n) is 7.05. The molecule has 2 aliphatic rings. The second kappa shape index (κ2) is 4.25. The monoisotopic (exact) mass is 267 g/mol. The summed E-state index contributed by atoms with van der Waals surface area (Å²) in [6.45, 7) is 1.22. The zero-order valence-corrected chi connectivity index (χ0v) is 11.3. The van der Waals surface area contributed by atoms with E-state index in [-0.39, 0.29) is 0 Å². The van der Waals surface area contributed by atoms with E-state index in [1.165, 1.54) is 11.1 Å². The maximum absolute atomic E-state index is 6.73.